The van der Waals surface area contributed by atoms with Gasteiger partial charge in [-0.3, -0.25) is 9.59 Å². The highest BCUT2D eigenvalue weighted by atomic mass is 35.5. The quantitative estimate of drug-likeness (QED) is 0.878. The second kappa shape index (κ2) is 7.41. The van der Waals surface area contributed by atoms with Gasteiger partial charge in [-0.25, -0.2) is 8.78 Å². The fraction of sp³-hybridized carbons (Fsp3) is 0.263. The molecule has 3 rings (SSSR count). The van der Waals surface area contributed by atoms with E-state index >= 15 is 0 Å². The van der Waals surface area contributed by atoms with Crippen molar-refractivity contribution in [2.24, 2.45) is 5.92 Å². The lowest BCUT2D eigenvalue weighted by molar-refractivity contribution is -0.126. The molecule has 136 valence electrons. The van der Waals surface area contributed by atoms with Gasteiger partial charge in [0.05, 0.1) is 12.0 Å². The molecular weight excluding hydrogens is 362 g/mol. The van der Waals surface area contributed by atoms with Crippen LogP contribution < -0.4 is 10.2 Å². The number of hydrogen-bond donors (Lipinski definition) is 1. The van der Waals surface area contributed by atoms with Gasteiger partial charge in [-0.15, -0.1) is 0 Å². The van der Waals surface area contributed by atoms with Gasteiger partial charge >= 0.3 is 0 Å². The highest BCUT2D eigenvalue weighted by molar-refractivity contribution is 6.31. The molecule has 1 N–H and O–H groups in total. The lowest BCUT2D eigenvalue weighted by atomic mass is 10.0. The van der Waals surface area contributed by atoms with Gasteiger partial charge in [0.25, 0.3) is 0 Å². The van der Waals surface area contributed by atoms with Crippen LogP contribution in [0.5, 0.6) is 0 Å². The van der Waals surface area contributed by atoms with E-state index in [1.807, 2.05) is 12.1 Å². The number of hydrogen-bond acceptors (Lipinski definition) is 2. The number of carbonyl (C=O) groups excluding carboxylic acids is 2. The highest BCUT2D eigenvalue weighted by Crippen LogP contribution is 2.28. The maximum Gasteiger partial charge on any atom is 0.227 e. The van der Waals surface area contributed by atoms with Crippen LogP contribution in [0.15, 0.2) is 42.5 Å². The average molecular weight is 379 g/mol. The first kappa shape index (κ1) is 18.3. The van der Waals surface area contributed by atoms with Crippen molar-refractivity contribution in [2.75, 3.05) is 11.4 Å². The first-order valence-corrected chi connectivity index (χ1v) is 8.54. The fourth-order valence-electron chi connectivity index (χ4n) is 3.06. The van der Waals surface area contributed by atoms with Crippen molar-refractivity contribution < 1.29 is 18.4 Å². The number of carbonyl (C=O) groups is 2. The van der Waals surface area contributed by atoms with Crippen LogP contribution in [0.4, 0.5) is 14.5 Å². The zero-order valence-corrected chi connectivity index (χ0v) is 14.8. The Balaban J connectivity index is 1.70. The third-order valence-corrected chi connectivity index (χ3v) is 4.73. The Labute approximate surface area is 154 Å². The van der Waals surface area contributed by atoms with Gasteiger partial charge in [0.1, 0.15) is 11.6 Å². The molecule has 0 bridgehead atoms. The van der Waals surface area contributed by atoms with Gasteiger partial charge in [0.15, 0.2) is 0 Å². The standard InChI is InChI=1S/C19H17ClF2N2O2/c1-11(16-4-2-3-5-17(16)20)23-19(26)12-6-18(25)24(10-12)15-8-13(21)7-14(22)9-15/h2-5,7-9,11-12H,6,10H2,1H3,(H,23,26). The predicted octanol–water partition coefficient (Wildman–Crippen LogP) is 3.85. The molecule has 4 nitrogen and oxygen atoms in total. The Bertz CT molecular complexity index is 839. The van der Waals surface area contributed by atoms with Gasteiger partial charge in [0.2, 0.25) is 11.8 Å². The maximum absolute atomic E-state index is 13.4. The van der Waals surface area contributed by atoms with Crippen molar-refractivity contribution in [1.29, 1.82) is 0 Å². The summed E-state index contributed by atoms with van der Waals surface area (Å²) in [5.74, 6) is -2.79. The summed E-state index contributed by atoms with van der Waals surface area (Å²) in [6.07, 6.45) is -0.0147. The van der Waals surface area contributed by atoms with Crippen LogP contribution in [0.3, 0.4) is 0 Å². The minimum Gasteiger partial charge on any atom is -0.349 e. The van der Waals surface area contributed by atoms with E-state index in [1.54, 1.807) is 19.1 Å². The Hall–Kier alpha value is -2.47. The molecule has 2 atom stereocenters. The number of nitrogens with zero attached hydrogens (tertiary/aromatic N) is 1. The summed E-state index contributed by atoms with van der Waals surface area (Å²) < 4.78 is 26.8. The summed E-state index contributed by atoms with van der Waals surface area (Å²) >= 11 is 6.13. The SMILES string of the molecule is CC(NC(=O)C1CC(=O)N(c2cc(F)cc(F)c2)C1)c1ccccc1Cl. The minimum absolute atomic E-state index is 0.0147. The van der Waals surface area contributed by atoms with Crippen LogP contribution in [0.2, 0.25) is 5.02 Å². The molecule has 0 aliphatic carbocycles. The molecule has 0 radical (unpaired) electrons. The first-order valence-electron chi connectivity index (χ1n) is 8.16. The lowest BCUT2D eigenvalue weighted by Crippen LogP contribution is -2.34. The van der Waals surface area contributed by atoms with Crippen LogP contribution in [0.1, 0.15) is 24.9 Å². The molecule has 1 aliphatic heterocycles. The van der Waals surface area contributed by atoms with Gasteiger partial charge in [0, 0.05) is 29.7 Å². The highest BCUT2D eigenvalue weighted by Gasteiger charge is 2.36. The van der Waals surface area contributed by atoms with Crippen molar-refractivity contribution in [3.8, 4) is 0 Å². The minimum atomic E-state index is -0.770. The Morgan fingerprint density at radius 2 is 1.88 bits per heavy atom. The molecule has 2 aromatic rings. The molecule has 0 spiro atoms. The monoisotopic (exact) mass is 378 g/mol. The third-order valence-electron chi connectivity index (χ3n) is 4.39. The predicted molar refractivity (Wildman–Crippen MR) is 94.8 cm³/mol. The fourth-order valence-corrected chi connectivity index (χ4v) is 3.36. The van der Waals surface area contributed by atoms with E-state index in [9.17, 15) is 18.4 Å². The van der Waals surface area contributed by atoms with Crippen LogP contribution in [0, 0.1) is 17.6 Å². The van der Waals surface area contributed by atoms with E-state index in [2.05, 4.69) is 5.32 Å². The summed E-state index contributed by atoms with van der Waals surface area (Å²) in [6, 6.07) is 9.73. The van der Waals surface area contributed by atoms with Crippen molar-refractivity contribution in [2.45, 2.75) is 19.4 Å². The molecule has 2 amide bonds. The molecule has 26 heavy (non-hydrogen) atoms. The van der Waals surface area contributed by atoms with Gasteiger partial charge in [-0.1, -0.05) is 29.8 Å². The second-order valence-electron chi connectivity index (χ2n) is 6.28. The van der Waals surface area contributed by atoms with Crippen LogP contribution in [-0.4, -0.2) is 18.4 Å². The topological polar surface area (TPSA) is 49.4 Å². The Morgan fingerprint density at radius 3 is 2.54 bits per heavy atom. The largest absolute Gasteiger partial charge is 0.349 e. The lowest BCUT2D eigenvalue weighted by Gasteiger charge is -2.19. The van der Waals surface area contributed by atoms with E-state index in [-0.39, 0.29) is 36.5 Å². The van der Waals surface area contributed by atoms with Gasteiger partial charge in [-0.05, 0) is 30.7 Å². The zero-order chi connectivity index (χ0) is 18.8. The van der Waals surface area contributed by atoms with Crippen LogP contribution in [-0.2, 0) is 9.59 Å². The van der Waals surface area contributed by atoms with E-state index in [4.69, 9.17) is 11.6 Å². The van der Waals surface area contributed by atoms with Crippen molar-refractivity contribution >= 4 is 29.1 Å². The van der Waals surface area contributed by atoms with Crippen molar-refractivity contribution in [1.82, 2.24) is 5.32 Å². The number of halogens is 3. The second-order valence-corrected chi connectivity index (χ2v) is 6.69. The molecule has 1 fully saturated rings. The number of anilines is 1. The average Bonchev–Trinajstić information content (AvgIpc) is 2.96. The number of benzene rings is 2. The molecular formula is C19H17ClF2N2O2. The summed E-state index contributed by atoms with van der Waals surface area (Å²) in [5, 5.41) is 3.39. The molecule has 1 aliphatic rings. The maximum atomic E-state index is 13.4. The number of rotatable bonds is 4. The molecule has 2 unspecified atom stereocenters. The normalized spacial score (nSPS) is 18.1. The van der Waals surface area contributed by atoms with Gasteiger partial charge in [-0.2, -0.15) is 0 Å². The van der Waals surface area contributed by atoms with Crippen molar-refractivity contribution in [3.05, 3.63) is 64.7 Å². The van der Waals surface area contributed by atoms with E-state index in [0.29, 0.717) is 5.02 Å². The molecule has 0 saturated carbocycles. The summed E-state index contributed by atoms with van der Waals surface area (Å²) in [5.41, 5.74) is 0.887. The molecule has 2 aromatic carbocycles. The first-order chi connectivity index (χ1) is 12.3. The van der Waals surface area contributed by atoms with E-state index in [1.165, 1.54) is 4.90 Å². The Kier molecular flexibility index (Phi) is 5.23. The van der Waals surface area contributed by atoms with Crippen LogP contribution >= 0.6 is 11.6 Å². The van der Waals surface area contributed by atoms with E-state index in [0.717, 1.165) is 23.8 Å². The van der Waals surface area contributed by atoms with Gasteiger partial charge < -0.3 is 10.2 Å². The van der Waals surface area contributed by atoms with E-state index < -0.39 is 17.6 Å². The molecule has 0 aromatic heterocycles. The summed E-state index contributed by atoms with van der Waals surface area (Å²) in [7, 11) is 0. The molecule has 1 saturated heterocycles. The zero-order valence-electron chi connectivity index (χ0n) is 14.0. The third kappa shape index (κ3) is 3.85. The number of amides is 2. The Morgan fingerprint density at radius 1 is 1.23 bits per heavy atom. The summed E-state index contributed by atoms with van der Waals surface area (Å²) in [6.45, 7) is 1.87. The number of nitrogens with one attached hydrogen (secondary N) is 1. The molecule has 1 heterocycles. The van der Waals surface area contributed by atoms with Crippen molar-refractivity contribution in [3.63, 3.8) is 0 Å². The van der Waals surface area contributed by atoms with Crippen LogP contribution in [0.25, 0.3) is 0 Å². The molecule has 7 heteroatoms. The summed E-state index contributed by atoms with van der Waals surface area (Å²) in [4.78, 5) is 26.0. The smallest absolute Gasteiger partial charge is 0.227 e.